The van der Waals surface area contributed by atoms with Gasteiger partial charge in [0.25, 0.3) is 0 Å². The van der Waals surface area contributed by atoms with Crippen LogP contribution in [-0.2, 0) is 11.3 Å². The second kappa shape index (κ2) is 8.34. The van der Waals surface area contributed by atoms with Crippen molar-refractivity contribution in [1.82, 2.24) is 20.0 Å². The van der Waals surface area contributed by atoms with E-state index in [4.69, 9.17) is 4.74 Å². The molecule has 23 heavy (non-hydrogen) atoms. The van der Waals surface area contributed by atoms with Gasteiger partial charge in [0.15, 0.2) is 0 Å². The zero-order valence-corrected chi connectivity index (χ0v) is 14.7. The predicted molar refractivity (Wildman–Crippen MR) is 90.1 cm³/mol. The number of nitrogens with one attached hydrogen (secondary N) is 1. The maximum atomic E-state index is 12.4. The fourth-order valence-corrected chi connectivity index (χ4v) is 3.19. The highest BCUT2D eigenvalue weighted by Gasteiger charge is 2.26. The minimum absolute atomic E-state index is 0.000365. The van der Waals surface area contributed by atoms with Crippen molar-refractivity contribution in [2.24, 2.45) is 17.8 Å². The lowest BCUT2D eigenvalue weighted by atomic mass is 9.85. The number of nitrogens with zero attached hydrogens (tertiary/aromatic N) is 3. The van der Waals surface area contributed by atoms with E-state index in [1.54, 1.807) is 6.20 Å². The Balaban J connectivity index is 1.82. The number of hydrogen-bond acceptors (Lipinski definition) is 3. The highest BCUT2D eigenvalue weighted by Crippen LogP contribution is 2.19. The molecule has 1 fully saturated rings. The lowest BCUT2D eigenvalue weighted by Crippen LogP contribution is -2.51. The standard InChI is InChI=1S/C17H30N4O2/c1-13(2)16(14(3)4)10-18-17(22)20-8-9-23-15(11-20)12-21-7-5-6-19-21/h5-7,13-16H,8-12H2,1-4H3,(H,18,22). The lowest BCUT2D eigenvalue weighted by Gasteiger charge is -2.34. The fraction of sp³-hybridized carbons (Fsp3) is 0.765. The molecule has 1 aromatic rings. The number of rotatable bonds is 6. The van der Waals surface area contributed by atoms with Crippen LogP contribution in [0.3, 0.4) is 0 Å². The van der Waals surface area contributed by atoms with E-state index in [0.717, 1.165) is 6.54 Å². The molecule has 0 aliphatic carbocycles. The van der Waals surface area contributed by atoms with Gasteiger partial charge in [0.2, 0.25) is 0 Å². The van der Waals surface area contributed by atoms with Gasteiger partial charge in [-0.25, -0.2) is 4.79 Å². The zero-order chi connectivity index (χ0) is 16.8. The van der Waals surface area contributed by atoms with Crippen LogP contribution in [-0.4, -0.2) is 53.1 Å². The molecule has 0 bridgehead atoms. The van der Waals surface area contributed by atoms with Gasteiger partial charge in [0.1, 0.15) is 0 Å². The number of carbonyl (C=O) groups is 1. The maximum Gasteiger partial charge on any atom is 0.317 e. The third kappa shape index (κ3) is 5.23. The molecule has 0 radical (unpaired) electrons. The molecular formula is C17H30N4O2. The second-order valence-corrected chi connectivity index (χ2v) is 7.00. The van der Waals surface area contributed by atoms with Crippen molar-refractivity contribution in [3.8, 4) is 0 Å². The molecule has 1 atom stereocenters. The van der Waals surface area contributed by atoms with E-state index >= 15 is 0 Å². The summed E-state index contributed by atoms with van der Waals surface area (Å²) in [7, 11) is 0. The topological polar surface area (TPSA) is 59.4 Å². The van der Waals surface area contributed by atoms with E-state index in [0.29, 0.717) is 44.0 Å². The first kappa shape index (κ1) is 17.8. The van der Waals surface area contributed by atoms with Crippen LogP contribution in [0.2, 0.25) is 0 Å². The highest BCUT2D eigenvalue weighted by atomic mass is 16.5. The molecular weight excluding hydrogens is 292 g/mol. The Morgan fingerprint density at radius 3 is 2.70 bits per heavy atom. The van der Waals surface area contributed by atoms with Crippen molar-refractivity contribution < 1.29 is 9.53 Å². The van der Waals surface area contributed by atoms with E-state index in [-0.39, 0.29) is 12.1 Å². The van der Waals surface area contributed by atoms with Gasteiger partial charge in [-0.1, -0.05) is 27.7 Å². The second-order valence-electron chi connectivity index (χ2n) is 7.00. The molecule has 2 amide bonds. The van der Waals surface area contributed by atoms with Crippen molar-refractivity contribution >= 4 is 6.03 Å². The summed E-state index contributed by atoms with van der Waals surface area (Å²) in [5.74, 6) is 1.62. The summed E-state index contributed by atoms with van der Waals surface area (Å²) in [6.45, 7) is 12.1. The molecule has 2 heterocycles. The van der Waals surface area contributed by atoms with Crippen LogP contribution in [0.4, 0.5) is 4.79 Å². The number of morpholine rings is 1. The van der Waals surface area contributed by atoms with Gasteiger partial charge in [-0.15, -0.1) is 0 Å². The summed E-state index contributed by atoms with van der Waals surface area (Å²) >= 11 is 0. The quantitative estimate of drug-likeness (QED) is 0.873. The van der Waals surface area contributed by atoms with Crippen LogP contribution in [0.1, 0.15) is 27.7 Å². The van der Waals surface area contributed by atoms with Crippen LogP contribution in [0.5, 0.6) is 0 Å². The molecule has 2 rings (SSSR count). The largest absolute Gasteiger partial charge is 0.373 e. The van der Waals surface area contributed by atoms with Crippen molar-refractivity contribution in [3.05, 3.63) is 18.5 Å². The van der Waals surface area contributed by atoms with Crippen molar-refractivity contribution in [3.63, 3.8) is 0 Å². The molecule has 130 valence electrons. The number of aromatic nitrogens is 2. The number of amides is 2. The van der Waals surface area contributed by atoms with Gasteiger partial charge in [-0.2, -0.15) is 5.10 Å². The Hall–Kier alpha value is -1.56. The maximum absolute atomic E-state index is 12.4. The molecule has 0 saturated carbocycles. The Kier molecular flexibility index (Phi) is 6.45. The third-order valence-electron chi connectivity index (χ3n) is 4.58. The smallest absolute Gasteiger partial charge is 0.317 e. The number of carbonyl (C=O) groups excluding carboxylic acids is 1. The van der Waals surface area contributed by atoms with Crippen molar-refractivity contribution in [2.45, 2.75) is 40.3 Å². The van der Waals surface area contributed by atoms with E-state index in [9.17, 15) is 4.79 Å². The predicted octanol–water partition coefficient (Wildman–Crippen LogP) is 2.22. The fourth-order valence-electron chi connectivity index (χ4n) is 3.19. The molecule has 1 N–H and O–H groups in total. The van der Waals surface area contributed by atoms with E-state index in [1.165, 1.54) is 0 Å². The van der Waals surface area contributed by atoms with Crippen LogP contribution in [0, 0.1) is 17.8 Å². The summed E-state index contributed by atoms with van der Waals surface area (Å²) in [5, 5.41) is 7.30. The van der Waals surface area contributed by atoms with Crippen LogP contribution in [0.25, 0.3) is 0 Å². The minimum atomic E-state index is 0.000365. The van der Waals surface area contributed by atoms with Crippen LogP contribution < -0.4 is 5.32 Å². The molecule has 1 aromatic heterocycles. The normalized spacial score (nSPS) is 18.9. The number of hydrogen-bond donors (Lipinski definition) is 1. The summed E-state index contributed by atoms with van der Waals surface area (Å²) in [5.41, 5.74) is 0. The SMILES string of the molecule is CC(C)C(CNC(=O)N1CCOC(Cn2cccn2)C1)C(C)C. The zero-order valence-electron chi connectivity index (χ0n) is 14.7. The van der Waals surface area contributed by atoms with Gasteiger partial charge in [0.05, 0.1) is 25.8 Å². The van der Waals surface area contributed by atoms with Crippen molar-refractivity contribution in [2.75, 3.05) is 26.2 Å². The summed E-state index contributed by atoms with van der Waals surface area (Å²) < 4.78 is 7.60. The summed E-state index contributed by atoms with van der Waals surface area (Å²) in [4.78, 5) is 14.3. The average Bonchev–Trinajstić information content (AvgIpc) is 2.99. The van der Waals surface area contributed by atoms with Crippen LogP contribution >= 0.6 is 0 Å². The average molecular weight is 322 g/mol. The molecule has 0 aromatic carbocycles. The molecule has 1 unspecified atom stereocenters. The number of urea groups is 1. The molecule has 6 nitrogen and oxygen atoms in total. The molecule has 1 aliphatic heterocycles. The monoisotopic (exact) mass is 322 g/mol. The first-order valence-electron chi connectivity index (χ1n) is 8.59. The van der Waals surface area contributed by atoms with Crippen LogP contribution in [0.15, 0.2) is 18.5 Å². The Morgan fingerprint density at radius 2 is 2.09 bits per heavy atom. The number of ether oxygens (including phenoxy) is 1. The molecule has 1 aliphatic rings. The molecule has 0 spiro atoms. The van der Waals surface area contributed by atoms with E-state index in [2.05, 4.69) is 38.1 Å². The Bertz CT molecular complexity index is 465. The summed E-state index contributed by atoms with van der Waals surface area (Å²) in [6, 6.07) is 1.91. The van der Waals surface area contributed by atoms with Gasteiger partial charge < -0.3 is 15.0 Å². The van der Waals surface area contributed by atoms with Gasteiger partial charge >= 0.3 is 6.03 Å². The van der Waals surface area contributed by atoms with Gasteiger partial charge in [-0.3, -0.25) is 4.68 Å². The first-order chi connectivity index (χ1) is 11.0. The first-order valence-corrected chi connectivity index (χ1v) is 8.59. The van der Waals surface area contributed by atoms with Gasteiger partial charge in [0, 0.05) is 25.5 Å². The Labute approximate surface area is 139 Å². The molecule has 1 saturated heterocycles. The van der Waals surface area contributed by atoms with Crippen molar-refractivity contribution in [1.29, 1.82) is 0 Å². The Morgan fingerprint density at radius 1 is 1.35 bits per heavy atom. The van der Waals surface area contributed by atoms with Gasteiger partial charge in [-0.05, 0) is 23.8 Å². The third-order valence-corrected chi connectivity index (χ3v) is 4.58. The highest BCUT2D eigenvalue weighted by molar-refractivity contribution is 5.74. The molecule has 6 heteroatoms. The van der Waals surface area contributed by atoms with E-state index < -0.39 is 0 Å². The minimum Gasteiger partial charge on any atom is -0.373 e. The van der Waals surface area contributed by atoms with E-state index in [1.807, 2.05) is 21.8 Å². The lowest BCUT2D eigenvalue weighted by molar-refractivity contribution is -0.0239. The summed E-state index contributed by atoms with van der Waals surface area (Å²) in [6.07, 6.45) is 3.67.